The Balaban J connectivity index is 2.88. The monoisotopic (exact) mass is 223 g/mol. The first-order chi connectivity index (χ1) is 6.74. The second-order valence-electron chi connectivity index (χ2n) is 2.95. The fourth-order valence-electron chi connectivity index (χ4n) is 1.43. The summed E-state index contributed by atoms with van der Waals surface area (Å²) < 4.78 is 9.12. The van der Waals surface area contributed by atoms with Gasteiger partial charge in [0.25, 0.3) is 0 Å². The first-order valence-corrected chi connectivity index (χ1v) is 5.27. The average molecular weight is 223 g/mol. The summed E-state index contributed by atoms with van der Waals surface area (Å²) in [5, 5.41) is 1.94. The highest BCUT2D eigenvalue weighted by Crippen LogP contribution is 2.33. The highest BCUT2D eigenvalue weighted by Gasteiger charge is 2.06. The van der Waals surface area contributed by atoms with Crippen LogP contribution in [0.3, 0.4) is 0 Å². The number of rotatable bonds is 1. The smallest absolute Gasteiger partial charge is 0.0658 e. The zero-order valence-electron chi connectivity index (χ0n) is 7.27. The van der Waals surface area contributed by atoms with Gasteiger partial charge in [-0.05, 0) is 17.5 Å². The van der Waals surface area contributed by atoms with Gasteiger partial charge in [-0.15, -0.1) is 12.6 Å². The predicted molar refractivity (Wildman–Crippen MR) is 64.1 cm³/mol. The van der Waals surface area contributed by atoms with E-state index in [1.165, 1.54) is 0 Å². The Kier molecular flexibility index (Phi) is 2.58. The SMILES string of the molecule is Nc1ccc2c(S)cccc2c1SO. The maximum Gasteiger partial charge on any atom is 0.0658 e. The minimum absolute atomic E-state index is 0.587. The molecule has 3 N–H and O–H groups in total. The maximum absolute atomic E-state index is 9.12. The molecule has 0 amide bonds. The summed E-state index contributed by atoms with van der Waals surface area (Å²) in [5.74, 6) is 0. The molecule has 0 radical (unpaired) electrons. The van der Waals surface area contributed by atoms with Crippen LogP contribution in [0.1, 0.15) is 0 Å². The molecule has 0 saturated carbocycles. The van der Waals surface area contributed by atoms with Crippen molar-refractivity contribution in [3.8, 4) is 0 Å². The van der Waals surface area contributed by atoms with Crippen LogP contribution in [0.4, 0.5) is 5.69 Å². The van der Waals surface area contributed by atoms with Gasteiger partial charge in [-0.2, -0.15) is 0 Å². The van der Waals surface area contributed by atoms with Crippen LogP contribution in [0.15, 0.2) is 40.1 Å². The summed E-state index contributed by atoms with van der Waals surface area (Å²) in [5.41, 5.74) is 6.33. The largest absolute Gasteiger partial charge is 0.398 e. The Morgan fingerprint density at radius 2 is 1.93 bits per heavy atom. The fourth-order valence-corrected chi connectivity index (χ4v) is 2.16. The molecule has 0 saturated heterocycles. The topological polar surface area (TPSA) is 46.2 Å². The first kappa shape index (κ1) is 9.71. The number of anilines is 1. The van der Waals surface area contributed by atoms with Gasteiger partial charge < -0.3 is 10.3 Å². The molecule has 72 valence electrons. The van der Waals surface area contributed by atoms with Crippen LogP contribution in [0.5, 0.6) is 0 Å². The van der Waals surface area contributed by atoms with Gasteiger partial charge in [0.05, 0.1) is 4.90 Å². The summed E-state index contributed by atoms with van der Waals surface area (Å²) in [6, 6.07) is 9.41. The van der Waals surface area contributed by atoms with Gasteiger partial charge in [-0.25, -0.2) is 0 Å². The van der Waals surface area contributed by atoms with Gasteiger partial charge in [0.2, 0.25) is 0 Å². The summed E-state index contributed by atoms with van der Waals surface area (Å²) in [4.78, 5) is 1.58. The zero-order valence-corrected chi connectivity index (χ0v) is 8.98. The Labute approximate surface area is 91.7 Å². The van der Waals surface area contributed by atoms with Gasteiger partial charge in [-0.1, -0.05) is 18.2 Å². The molecule has 0 bridgehead atoms. The van der Waals surface area contributed by atoms with E-state index >= 15 is 0 Å². The predicted octanol–water partition coefficient (Wildman–Crippen LogP) is 3.28. The van der Waals surface area contributed by atoms with E-state index in [9.17, 15) is 0 Å². The van der Waals surface area contributed by atoms with Gasteiger partial charge >= 0.3 is 0 Å². The lowest BCUT2D eigenvalue weighted by atomic mass is 10.1. The molecule has 14 heavy (non-hydrogen) atoms. The first-order valence-electron chi connectivity index (χ1n) is 4.05. The lowest BCUT2D eigenvalue weighted by molar-refractivity contribution is 0.665. The molecule has 0 aliphatic heterocycles. The zero-order chi connectivity index (χ0) is 10.1. The van der Waals surface area contributed by atoms with Crippen LogP contribution < -0.4 is 5.73 Å². The highest BCUT2D eigenvalue weighted by molar-refractivity contribution is 7.94. The number of hydrogen-bond donors (Lipinski definition) is 3. The molecule has 2 aromatic carbocycles. The Bertz CT molecular complexity index is 485. The van der Waals surface area contributed by atoms with E-state index < -0.39 is 0 Å². The lowest BCUT2D eigenvalue weighted by Gasteiger charge is -2.07. The lowest BCUT2D eigenvalue weighted by Crippen LogP contribution is -1.89. The second-order valence-corrected chi connectivity index (χ2v) is 4.02. The van der Waals surface area contributed by atoms with E-state index in [1.807, 2.05) is 24.3 Å². The third kappa shape index (κ3) is 1.45. The van der Waals surface area contributed by atoms with E-state index in [1.54, 1.807) is 6.07 Å². The number of fused-ring (bicyclic) bond motifs is 1. The molecule has 0 aliphatic rings. The average Bonchev–Trinajstić information content (AvgIpc) is 2.18. The molecular weight excluding hydrogens is 214 g/mol. The summed E-state index contributed by atoms with van der Waals surface area (Å²) in [7, 11) is 0. The van der Waals surface area contributed by atoms with Crippen molar-refractivity contribution in [2.45, 2.75) is 9.79 Å². The van der Waals surface area contributed by atoms with Crippen LogP contribution in [-0.2, 0) is 0 Å². The number of benzene rings is 2. The standard InChI is InChI=1S/C10H9NOS2/c11-8-5-4-6-7(10(8)14-12)2-1-3-9(6)13/h1-5,12-13H,11H2. The van der Waals surface area contributed by atoms with Crippen LogP contribution in [-0.4, -0.2) is 4.55 Å². The molecule has 2 aromatic rings. The van der Waals surface area contributed by atoms with Crippen molar-refractivity contribution >= 4 is 41.1 Å². The molecule has 0 spiro atoms. The Morgan fingerprint density at radius 1 is 1.14 bits per heavy atom. The highest BCUT2D eigenvalue weighted by atomic mass is 32.2. The van der Waals surface area contributed by atoms with E-state index in [2.05, 4.69) is 12.6 Å². The van der Waals surface area contributed by atoms with Crippen molar-refractivity contribution in [3.63, 3.8) is 0 Å². The molecule has 0 heterocycles. The number of thiol groups is 1. The molecule has 0 unspecified atom stereocenters. The van der Waals surface area contributed by atoms with Crippen molar-refractivity contribution in [3.05, 3.63) is 30.3 Å². The minimum atomic E-state index is 0.587. The van der Waals surface area contributed by atoms with Gasteiger partial charge in [0.1, 0.15) is 0 Å². The van der Waals surface area contributed by atoms with Crippen molar-refractivity contribution in [2.75, 3.05) is 5.73 Å². The quantitative estimate of drug-likeness (QED) is 0.395. The van der Waals surface area contributed by atoms with E-state index in [4.69, 9.17) is 10.3 Å². The fraction of sp³-hybridized carbons (Fsp3) is 0. The minimum Gasteiger partial charge on any atom is -0.398 e. The number of nitrogen functional groups attached to an aromatic ring is 1. The molecular formula is C10H9NOS2. The normalized spacial score (nSPS) is 10.7. The summed E-state index contributed by atoms with van der Waals surface area (Å²) >= 11 is 5.01. The molecule has 0 atom stereocenters. The summed E-state index contributed by atoms with van der Waals surface area (Å²) in [6.07, 6.45) is 0. The Hall–Kier alpha value is -0.840. The van der Waals surface area contributed by atoms with Crippen molar-refractivity contribution in [1.82, 2.24) is 0 Å². The van der Waals surface area contributed by atoms with Crippen LogP contribution in [0, 0.1) is 0 Å². The molecule has 0 fully saturated rings. The van der Waals surface area contributed by atoms with Crippen LogP contribution in [0.25, 0.3) is 10.8 Å². The van der Waals surface area contributed by atoms with Crippen LogP contribution in [0.2, 0.25) is 0 Å². The maximum atomic E-state index is 9.12. The van der Waals surface area contributed by atoms with E-state index in [0.717, 1.165) is 15.7 Å². The van der Waals surface area contributed by atoms with Crippen molar-refractivity contribution in [1.29, 1.82) is 0 Å². The Morgan fingerprint density at radius 3 is 2.64 bits per heavy atom. The summed E-state index contributed by atoms with van der Waals surface area (Å²) in [6.45, 7) is 0. The van der Waals surface area contributed by atoms with E-state index in [0.29, 0.717) is 22.6 Å². The third-order valence-corrected chi connectivity index (χ3v) is 3.14. The second kappa shape index (κ2) is 3.73. The van der Waals surface area contributed by atoms with Gasteiger partial charge in [0, 0.05) is 28.0 Å². The van der Waals surface area contributed by atoms with Gasteiger partial charge in [0.15, 0.2) is 0 Å². The van der Waals surface area contributed by atoms with Crippen molar-refractivity contribution < 1.29 is 4.55 Å². The molecule has 2 rings (SSSR count). The van der Waals surface area contributed by atoms with Crippen molar-refractivity contribution in [2.24, 2.45) is 0 Å². The molecule has 0 aliphatic carbocycles. The van der Waals surface area contributed by atoms with Crippen LogP contribution >= 0.6 is 24.7 Å². The number of nitrogens with two attached hydrogens (primary N) is 1. The third-order valence-electron chi connectivity index (χ3n) is 2.11. The van der Waals surface area contributed by atoms with E-state index in [-0.39, 0.29) is 0 Å². The molecule has 0 aromatic heterocycles. The number of hydrogen-bond acceptors (Lipinski definition) is 4. The van der Waals surface area contributed by atoms with Gasteiger partial charge in [-0.3, -0.25) is 0 Å². The molecule has 2 nitrogen and oxygen atoms in total. The molecule has 4 heteroatoms.